The van der Waals surface area contributed by atoms with Crippen LogP contribution in [0.4, 0.5) is 15.8 Å². The Morgan fingerprint density at radius 3 is 2.42 bits per heavy atom. The Bertz CT molecular complexity index is 842. The van der Waals surface area contributed by atoms with Crippen molar-refractivity contribution in [1.29, 1.82) is 0 Å². The van der Waals surface area contributed by atoms with E-state index in [9.17, 15) is 18.8 Å². The van der Waals surface area contributed by atoms with E-state index in [0.717, 1.165) is 6.07 Å². The molecule has 6 nitrogen and oxygen atoms in total. The Labute approximate surface area is 154 Å². The molecule has 8 heteroatoms. The summed E-state index contributed by atoms with van der Waals surface area (Å²) in [6.45, 7) is 0. The largest absolute Gasteiger partial charge is 0.481 e. The van der Waals surface area contributed by atoms with Crippen molar-refractivity contribution >= 4 is 40.8 Å². The van der Waals surface area contributed by atoms with Crippen LogP contribution in [-0.2, 0) is 9.59 Å². The second-order valence-electron chi connectivity index (χ2n) is 5.46. The lowest BCUT2D eigenvalue weighted by Gasteiger charge is -2.09. The summed E-state index contributed by atoms with van der Waals surface area (Å²) in [5.74, 6) is -2.33. The molecule has 0 aliphatic heterocycles. The fourth-order valence-electron chi connectivity index (χ4n) is 2.14. The first-order chi connectivity index (χ1) is 12.3. The molecular formula is C18H16ClFN2O4. The number of halogens is 2. The molecule has 0 saturated heterocycles. The van der Waals surface area contributed by atoms with E-state index in [1.165, 1.54) is 18.2 Å². The Hall–Kier alpha value is -2.93. The minimum Gasteiger partial charge on any atom is -0.481 e. The van der Waals surface area contributed by atoms with Crippen LogP contribution in [0.1, 0.15) is 29.6 Å². The molecule has 2 rings (SSSR count). The highest BCUT2D eigenvalue weighted by atomic mass is 35.5. The summed E-state index contributed by atoms with van der Waals surface area (Å²) in [5.41, 5.74) is 1.04. The normalized spacial score (nSPS) is 10.2. The third-order valence-corrected chi connectivity index (χ3v) is 3.67. The van der Waals surface area contributed by atoms with Gasteiger partial charge in [0.2, 0.25) is 5.91 Å². The first-order valence-corrected chi connectivity index (χ1v) is 8.11. The summed E-state index contributed by atoms with van der Waals surface area (Å²) >= 11 is 5.68. The Balaban J connectivity index is 1.98. The summed E-state index contributed by atoms with van der Waals surface area (Å²) in [6, 6.07) is 10.1. The summed E-state index contributed by atoms with van der Waals surface area (Å²) < 4.78 is 13.1. The van der Waals surface area contributed by atoms with Crippen LogP contribution in [0.5, 0.6) is 0 Å². The van der Waals surface area contributed by atoms with Gasteiger partial charge in [0, 0.05) is 29.8 Å². The van der Waals surface area contributed by atoms with Crippen LogP contribution in [0.15, 0.2) is 42.5 Å². The smallest absolute Gasteiger partial charge is 0.303 e. The van der Waals surface area contributed by atoms with E-state index in [4.69, 9.17) is 16.7 Å². The zero-order valence-electron chi connectivity index (χ0n) is 13.6. The van der Waals surface area contributed by atoms with Crippen LogP contribution in [0.25, 0.3) is 0 Å². The van der Waals surface area contributed by atoms with Gasteiger partial charge in [0.1, 0.15) is 5.82 Å². The highest BCUT2D eigenvalue weighted by Crippen LogP contribution is 2.20. The molecule has 0 unspecified atom stereocenters. The number of carboxylic acid groups (broad SMARTS) is 1. The van der Waals surface area contributed by atoms with Crippen molar-refractivity contribution in [2.75, 3.05) is 10.6 Å². The molecule has 0 heterocycles. The molecule has 2 aromatic rings. The van der Waals surface area contributed by atoms with Crippen molar-refractivity contribution in [1.82, 2.24) is 0 Å². The van der Waals surface area contributed by atoms with E-state index in [1.54, 1.807) is 18.2 Å². The summed E-state index contributed by atoms with van der Waals surface area (Å²) in [5, 5.41) is 13.6. The number of amides is 2. The predicted octanol–water partition coefficient (Wildman–Crippen LogP) is 3.92. The van der Waals surface area contributed by atoms with Crippen molar-refractivity contribution in [3.8, 4) is 0 Å². The SMILES string of the molecule is O=C(O)CCCC(=O)Nc1cccc(C(=O)Nc2ccc(F)c(Cl)c2)c1. The quantitative estimate of drug-likeness (QED) is 0.680. The molecule has 0 atom stereocenters. The third-order valence-electron chi connectivity index (χ3n) is 3.38. The molecule has 2 aromatic carbocycles. The average Bonchev–Trinajstić information content (AvgIpc) is 2.58. The standard InChI is InChI=1S/C18H16ClFN2O4/c19-14-10-13(7-8-15(14)20)22-18(26)11-3-1-4-12(9-11)21-16(23)5-2-6-17(24)25/h1,3-4,7-10H,2,5-6H2,(H,21,23)(H,22,26)(H,24,25). The lowest BCUT2D eigenvalue weighted by Crippen LogP contribution is -2.14. The number of rotatable bonds is 7. The Morgan fingerprint density at radius 2 is 1.73 bits per heavy atom. The van der Waals surface area contributed by atoms with Crippen LogP contribution in [0, 0.1) is 5.82 Å². The van der Waals surface area contributed by atoms with Crippen LogP contribution in [-0.4, -0.2) is 22.9 Å². The van der Waals surface area contributed by atoms with Gasteiger partial charge in [-0.25, -0.2) is 4.39 Å². The number of carboxylic acids is 1. The molecule has 0 aromatic heterocycles. The number of aliphatic carboxylic acids is 1. The highest BCUT2D eigenvalue weighted by Gasteiger charge is 2.10. The van der Waals surface area contributed by atoms with Crippen molar-refractivity contribution < 1.29 is 23.9 Å². The predicted molar refractivity (Wildman–Crippen MR) is 95.9 cm³/mol. The first-order valence-electron chi connectivity index (χ1n) is 7.73. The number of carbonyl (C=O) groups is 3. The molecule has 3 N–H and O–H groups in total. The van der Waals surface area contributed by atoms with Crippen molar-refractivity contribution in [3.05, 3.63) is 58.9 Å². The van der Waals surface area contributed by atoms with Gasteiger partial charge >= 0.3 is 5.97 Å². The van der Waals surface area contributed by atoms with Gasteiger partial charge in [-0.2, -0.15) is 0 Å². The van der Waals surface area contributed by atoms with E-state index in [2.05, 4.69) is 10.6 Å². The molecule has 0 saturated carbocycles. The highest BCUT2D eigenvalue weighted by molar-refractivity contribution is 6.31. The van der Waals surface area contributed by atoms with Crippen LogP contribution in [0.3, 0.4) is 0 Å². The second kappa shape index (κ2) is 8.96. The molecule has 0 aliphatic rings. The second-order valence-corrected chi connectivity index (χ2v) is 5.87. The van der Waals surface area contributed by atoms with Gasteiger partial charge in [0.05, 0.1) is 5.02 Å². The average molecular weight is 379 g/mol. The summed E-state index contributed by atoms with van der Waals surface area (Å²) in [4.78, 5) is 34.5. The number of nitrogens with one attached hydrogen (secondary N) is 2. The molecular weight excluding hydrogens is 363 g/mol. The van der Waals surface area contributed by atoms with Crippen LogP contribution < -0.4 is 10.6 Å². The number of hydrogen-bond acceptors (Lipinski definition) is 3. The fourth-order valence-corrected chi connectivity index (χ4v) is 2.32. The van der Waals surface area contributed by atoms with E-state index < -0.39 is 17.7 Å². The van der Waals surface area contributed by atoms with Crippen molar-refractivity contribution in [3.63, 3.8) is 0 Å². The number of hydrogen-bond donors (Lipinski definition) is 3. The molecule has 26 heavy (non-hydrogen) atoms. The summed E-state index contributed by atoms with van der Waals surface area (Å²) in [6.07, 6.45) is 0.208. The van der Waals surface area contributed by atoms with Crippen molar-refractivity contribution in [2.24, 2.45) is 0 Å². The van der Waals surface area contributed by atoms with Gasteiger partial charge < -0.3 is 15.7 Å². The molecule has 0 fully saturated rings. The maximum absolute atomic E-state index is 13.1. The van der Waals surface area contributed by atoms with Gasteiger partial charge in [0.25, 0.3) is 5.91 Å². The number of carbonyl (C=O) groups excluding carboxylic acids is 2. The molecule has 0 aliphatic carbocycles. The summed E-state index contributed by atoms with van der Waals surface area (Å²) in [7, 11) is 0. The maximum atomic E-state index is 13.1. The monoisotopic (exact) mass is 378 g/mol. The third kappa shape index (κ3) is 5.86. The van der Waals surface area contributed by atoms with Gasteiger partial charge in [-0.15, -0.1) is 0 Å². The molecule has 0 bridgehead atoms. The van der Waals surface area contributed by atoms with Gasteiger partial charge in [0.15, 0.2) is 0 Å². The maximum Gasteiger partial charge on any atom is 0.303 e. The molecule has 2 amide bonds. The van der Waals surface area contributed by atoms with Crippen molar-refractivity contribution in [2.45, 2.75) is 19.3 Å². The molecule has 136 valence electrons. The minimum absolute atomic E-state index is 0.0663. The zero-order chi connectivity index (χ0) is 19.1. The fraction of sp³-hybridized carbons (Fsp3) is 0.167. The topological polar surface area (TPSA) is 95.5 Å². The van der Waals surface area contributed by atoms with E-state index >= 15 is 0 Å². The lowest BCUT2D eigenvalue weighted by molar-refractivity contribution is -0.137. The molecule has 0 radical (unpaired) electrons. The zero-order valence-corrected chi connectivity index (χ0v) is 14.3. The number of benzene rings is 2. The minimum atomic E-state index is -0.961. The lowest BCUT2D eigenvalue weighted by atomic mass is 10.1. The first kappa shape index (κ1) is 19.4. The van der Waals surface area contributed by atoms with Gasteiger partial charge in [-0.1, -0.05) is 17.7 Å². The van der Waals surface area contributed by atoms with E-state index in [0.29, 0.717) is 11.4 Å². The Kier molecular flexibility index (Phi) is 6.68. The number of anilines is 2. The van der Waals surface area contributed by atoms with E-state index in [1.807, 2.05) is 0 Å². The molecule has 0 spiro atoms. The van der Waals surface area contributed by atoms with Crippen LogP contribution in [0.2, 0.25) is 5.02 Å². The van der Waals surface area contributed by atoms with Crippen LogP contribution >= 0.6 is 11.6 Å². The van der Waals surface area contributed by atoms with Gasteiger partial charge in [-0.05, 0) is 42.8 Å². The van der Waals surface area contributed by atoms with Gasteiger partial charge in [-0.3, -0.25) is 14.4 Å². The Morgan fingerprint density at radius 1 is 1.00 bits per heavy atom. The van der Waals surface area contributed by atoms with E-state index in [-0.39, 0.29) is 35.8 Å².